The lowest BCUT2D eigenvalue weighted by molar-refractivity contribution is -0.384. The minimum absolute atomic E-state index is 0.0830. The first kappa shape index (κ1) is 16.6. The number of hydrogen-bond donors (Lipinski definition) is 0. The molecule has 1 amide bonds. The van der Waals surface area contributed by atoms with E-state index in [1.165, 1.54) is 35.6 Å². The van der Waals surface area contributed by atoms with Crippen LogP contribution in [-0.4, -0.2) is 15.4 Å². The van der Waals surface area contributed by atoms with Crippen LogP contribution in [0.3, 0.4) is 0 Å². The molecule has 0 fully saturated rings. The first-order valence-corrected chi connectivity index (χ1v) is 8.22. The van der Waals surface area contributed by atoms with E-state index >= 15 is 0 Å². The van der Waals surface area contributed by atoms with E-state index in [1.807, 2.05) is 0 Å². The van der Waals surface area contributed by atoms with Gasteiger partial charge in [-0.25, -0.2) is 0 Å². The van der Waals surface area contributed by atoms with Crippen molar-refractivity contribution in [3.63, 3.8) is 0 Å². The lowest BCUT2D eigenvalue weighted by Crippen LogP contribution is -2.13. The summed E-state index contributed by atoms with van der Waals surface area (Å²) in [5.74, 6) is -0.491. The number of halogens is 2. The summed E-state index contributed by atoms with van der Waals surface area (Å²) in [5.41, 5.74) is 0.920. The third kappa shape index (κ3) is 3.06. The second kappa shape index (κ2) is 6.35. The van der Waals surface area contributed by atoms with E-state index in [9.17, 15) is 14.9 Å². The smallest absolute Gasteiger partial charge is 0.279 e. The first-order valence-electron chi connectivity index (χ1n) is 6.65. The zero-order chi connectivity index (χ0) is 17.4. The van der Waals surface area contributed by atoms with E-state index in [-0.39, 0.29) is 11.3 Å². The van der Waals surface area contributed by atoms with Gasteiger partial charge in [0.05, 0.1) is 20.2 Å². The molecule has 1 heterocycles. The zero-order valence-electron chi connectivity index (χ0n) is 12.2. The van der Waals surface area contributed by atoms with Gasteiger partial charge in [0, 0.05) is 29.8 Å². The third-order valence-corrected chi connectivity index (χ3v) is 4.92. The normalized spacial score (nSPS) is 11.9. The highest BCUT2D eigenvalue weighted by Gasteiger charge is 2.12. The number of amides is 1. The summed E-state index contributed by atoms with van der Waals surface area (Å²) in [4.78, 5) is 26.9. The maximum atomic E-state index is 12.3. The Hall–Kier alpha value is -2.22. The van der Waals surface area contributed by atoms with Crippen LogP contribution in [0.1, 0.15) is 10.4 Å². The molecule has 2 aromatic carbocycles. The third-order valence-electron chi connectivity index (χ3n) is 3.34. The van der Waals surface area contributed by atoms with Crippen LogP contribution in [0.25, 0.3) is 10.2 Å². The first-order chi connectivity index (χ1) is 11.4. The molecule has 0 unspecified atom stereocenters. The summed E-state index contributed by atoms with van der Waals surface area (Å²) in [6.07, 6.45) is 0. The Balaban J connectivity index is 2.06. The van der Waals surface area contributed by atoms with E-state index in [1.54, 1.807) is 23.7 Å². The van der Waals surface area contributed by atoms with Gasteiger partial charge in [-0.2, -0.15) is 4.99 Å². The van der Waals surface area contributed by atoms with Crippen LogP contribution in [0.5, 0.6) is 0 Å². The van der Waals surface area contributed by atoms with Crippen molar-refractivity contribution < 1.29 is 9.72 Å². The van der Waals surface area contributed by atoms with Crippen LogP contribution in [0.4, 0.5) is 5.69 Å². The van der Waals surface area contributed by atoms with Gasteiger partial charge in [0.15, 0.2) is 4.80 Å². The molecule has 9 heteroatoms. The summed E-state index contributed by atoms with van der Waals surface area (Å²) in [5, 5.41) is 11.6. The van der Waals surface area contributed by atoms with Gasteiger partial charge in [0.1, 0.15) is 0 Å². The molecule has 6 nitrogen and oxygen atoms in total. The van der Waals surface area contributed by atoms with Crippen LogP contribution in [-0.2, 0) is 7.05 Å². The predicted octanol–water partition coefficient (Wildman–Crippen LogP) is 4.20. The molecule has 0 aliphatic carbocycles. The quantitative estimate of drug-likeness (QED) is 0.492. The van der Waals surface area contributed by atoms with E-state index in [4.69, 9.17) is 23.2 Å². The Morgan fingerprint density at radius 1 is 1.25 bits per heavy atom. The summed E-state index contributed by atoms with van der Waals surface area (Å²) in [7, 11) is 1.75. The van der Waals surface area contributed by atoms with Crippen LogP contribution in [0, 0.1) is 10.1 Å². The van der Waals surface area contributed by atoms with Crippen molar-refractivity contribution in [1.82, 2.24) is 4.57 Å². The minimum atomic E-state index is -0.525. The molecule has 0 atom stereocenters. The summed E-state index contributed by atoms with van der Waals surface area (Å²) < 4.78 is 2.52. The van der Waals surface area contributed by atoms with Crippen molar-refractivity contribution in [3.05, 3.63) is 66.9 Å². The molecule has 24 heavy (non-hydrogen) atoms. The molecule has 122 valence electrons. The molecule has 0 saturated heterocycles. The van der Waals surface area contributed by atoms with Crippen LogP contribution >= 0.6 is 34.5 Å². The van der Waals surface area contributed by atoms with Gasteiger partial charge in [-0.3, -0.25) is 14.9 Å². The Labute approximate surface area is 149 Å². The second-order valence-electron chi connectivity index (χ2n) is 4.90. The van der Waals surface area contributed by atoms with Crippen molar-refractivity contribution in [2.45, 2.75) is 0 Å². The number of nitro groups is 1. The number of carbonyl (C=O) groups is 1. The number of benzene rings is 2. The zero-order valence-corrected chi connectivity index (χ0v) is 14.5. The van der Waals surface area contributed by atoms with Crippen molar-refractivity contribution in [1.29, 1.82) is 0 Å². The topological polar surface area (TPSA) is 77.5 Å². The average Bonchev–Trinajstić information content (AvgIpc) is 2.83. The summed E-state index contributed by atoms with van der Waals surface area (Å²) in [6, 6.07) is 8.67. The van der Waals surface area contributed by atoms with Crippen molar-refractivity contribution in [3.8, 4) is 0 Å². The van der Waals surface area contributed by atoms with E-state index in [0.29, 0.717) is 14.8 Å². The molecule has 0 aliphatic rings. The largest absolute Gasteiger partial charge is 0.318 e. The fourth-order valence-electron chi connectivity index (χ4n) is 2.18. The monoisotopic (exact) mass is 381 g/mol. The van der Waals surface area contributed by atoms with Crippen molar-refractivity contribution in [2.24, 2.45) is 12.0 Å². The molecule has 3 rings (SSSR count). The maximum absolute atomic E-state index is 12.3. The standard InChI is InChI=1S/C15H9Cl2N3O3S/c1-19-13-11(17)6-9(16)7-12(13)24-15(19)18-14(21)8-2-4-10(5-3-8)20(22)23/h2-7H,1H3. The number of rotatable bonds is 2. The van der Waals surface area contributed by atoms with E-state index < -0.39 is 10.8 Å². The Bertz CT molecular complexity index is 1040. The number of aromatic nitrogens is 1. The number of nitrogens with zero attached hydrogens (tertiary/aromatic N) is 3. The molecular formula is C15H9Cl2N3O3S. The number of fused-ring (bicyclic) bond motifs is 1. The number of nitro benzene ring substituents is 1. The number of thiazole rings is 1. The Morgan fingerprint density at radius 3 is 2.54 bits per heavy atom. The van der Waals surface area contributed by atoms with Gasteiger partial charge in [-0.05, 0) is 24.3 Å². The number of aryl methyl sites for hydroxylation is 1. The average molecular weight is 382 g/mol. The van der Waals surface area contributed by atoms with E-state index in [0.717, 1.165) is 10.2 Å². The van der Waals surface area contributed by atoms with Crippen molar-refractivity contribution in [2.75, 3.05) is 0 Å². The highest BCUT2D eigenvalue weighted by Crippen LogP contribution is 2.29. The van der Waals surface area contributed by atoms with Crippen LogP contribution in [0.2, 0.25) is 10.0 Å². The molecular weight excluding hydrogens is 373 g/mol. The molecule has 0 N–H and O–H groups in total. The predicted molar refractivity (Wildman–Crippen MR) is 93.8 cm³/mol. The molecule has 0 bridgehead atoms. The van der Waals surface area contributed by atoms with Gasteiger partial charge in [0.2, 0.25) is 0 Å². The lowest BCUT2D eigenvalue weighted by atomic mass is 10.2. The lowest BCUT2D eigenvalue weighted by Gasteiger charge is -1.99. The Kier molecular flexibility index (Phi) is 4.40. The number of hydrogen-bond acceptors (Lipinski definition) is 4. The minimum Gasteiger partial charge on any atom is -0.318 e. The second-order valence-corrected chi connectivity index (χ2v) is 6.75. The number of carbonyl (C=O) groups excluding carboxylic acids is 1. The number of non-ortho nitro benzene ring substituents is 1. The Morgan fingerprint density at radius 2 is 1.92 bits per heavy atom. The van der Waals surface area contributed by atoms with Gasteiger partial charge < -0.3 is 4.57 Å². The van der Waals surface area contributed by atoms with E-state index in [2.05, 4.69) is 4.99 Å². The van der Waals surface area contributed by atoms with Crippen molar-refractivity contribution >= 4 is 56.3 Å². The molecule has 3 aromatic rings. The maximum Gasteiger partial charge on any atom is 0.279 e. The van der Waals surface area contributed by atoms with Gasteiger partial charge >= 0.3 is 0 Å². The fraction of sp³-hybridized carbons (Fsp3) is 0.0667. The van der Waals surface area contributed by atoms with Crippen LogP contribution in [0.15, 0.2) is 41.4 Å². The molecule has 0 saturated carbocycles. The summed E-state index contributed by atoms with van der Waals surface area (Å²) >= 11 is 13.5. The molecule has 1 aromatic heterocycles. The van der Waals surface area contributed by atoms with Gasteiger partial charge in [-0.15, -0.1) is 0 Å². The SMILES string of the molecule is Cn1c(=NC(=O)c2ccc([N+](=O)[O-])cc2)sc2cc(Cl)cc(Cl)c21. The highest BCUT2D eigenvalue weighted by molar-refractivity contribution is 7.16. The molecule has 0 spiro atoms. The molecule has 0 aliphatic heterocycles. The van der Waals surface area contributed by atoms with Crippen LogP contribution < -0.4 is 4.80 Å². The van der Waals surface area contributed by atoms with Gasteiger partial charge in [-0.1, -0.05) is 34.5 Å². The summed E-state index contributed by atoms with van der Waals surface area (Å²) in [6.45, 7) is 0. The fourth-order valence-corrected chi connectivity index (χ4v) is 4.01. The van der Waals surface area contributed by atoms with Gasteiger partial charge in [0.25, 0.3) is 11.6 Å². The molecule has 0 radical (unpaired) electrons. The highest BCUT2D eigenvalue weighted by atomic mass is 35.5.